The molecule has 8 heteroatoms. The number of fused-ring (bicyclic) bond motifs is 2. The number of nitrogens with one attached hydrogen (secondary N) is 1. The molecular weight excluding hydrogens is 442 g/mol. The molecule has 7 nitrogen and oxygen atoms in total. The van der Waals surface area contributed by atoms with Crippen LogP contribution in [0.4, 0.5) is 5.69 Å². The van der Waals surface area contributed by atoms with Crippen molar-refractivity contribution in [3.05, 3.63) is 53.8 Å². The molecule has 1 N–H and O–H groups in total. The Labute approximate surface area is 195 Å². The van der Waals surface area contributed by atoms with Gasteiger partial charge in [-0.2, -0.15) is 11.8 Å². The topological polar surface area (TPSA) is 87.0 Å². The van der Waals surface area contributed by atoms with E-state index < -0.39 is 18.5 Å². The molecule has 3 aromatic rings. The van der Waals surface area contributed by atoms with Gasteiger partial charge in [-0.25, -0.2) is 4.79 Å². The second-order valence-electron chi connectivity index (χ2n) is 8.17. The number of amides is 1. The van der Waals surface area contributed by atoms with Gasteiger partial charge in [0.05, 0.1) is 0 Å². The average Bonchev–Trinajstić information content (AvgIpc) is 3.46. The van der Waals surface area contributed by atoms with Gasteiger partial charge in [-0.3, -0.25) is 4.79 Å². The first-order valence-corrected chi connectivity index (χ1v) is 12.2. The Balaban J connectivity index is 1.24. The van der Waals surface area contributed by atoms with E-state index in [4.69, 9.17) is 18.6 Å². The summed E-state index contributed by atoms with van der Waals surface area (Å²) < 4.78 is 21.7. The number of hydrogen-bond donors (Lipinski definition) is 1. The van der Waals surface area contributed by atoms with Gasteiger partial charge in [0, 0.05) is 33.7 Å². The van der Waals surface area contributed by atoms with Crippen LogP contribution in [0, 0.1) is 0 Å². The van der Waals surface area contributed by atoms with E-state index in [2.05, 4.69) is 5.32 Å². The van der Waals surface area contributed by atoms with Crippen molar-refractivity contribution < 1.29 is 28.2 Å². The highest BCUT2D eigenvalue weighted by molar-refractivity contribution is 7.99. The van der Waals surface area contributed by atoms with E-state index in [0.717, 1.165) is 10.9 Å². The number of furan rings is 1. The summed E-state index contributed by atoms with van der Waals surface area (Å²) in [5.74, 6) is 0.962. The summed E-state index contributed by atoms with van der Waals surface area (Å²) in [5.41, 5.74) is 2.02. The van der Waals surface area contributed by atoms with Crippen molar-refractivity contribution in [1.82, 2.24) is 0 Å². The molecular formula is C25H25NO6S. The Kier molecular flexibility index (Phi) is 6.44. The zero-order chi connectivity index (χ0) is 22.6. The minimum atomic E-state index is -0.633. The average molecular weight is 468 g/mol. The van der Waals surface area contributed by atoms with Crippen molar-refractivity contribution in [2.75, 3.05) is 18.7 Å². The second kappa shape index (κ2) is 9.79. The lowest BCUT2D eigenvalue weighted by atomic mass is 10.0. The second-order valence-corrected chi connectivity index (χ2v) is 9.46. The summed E-state index contributed by atoms with van der Waals surface area (Å²) in [6.07, 6.45) is 6.24. The van der Waals surface area contributed by atoms with Crippen molar-refractivity contribution in [1.29, 1.82) is 0 Å². The summed E-state index contributed by atoms with van der Waals surface area (Å²) in [4.78, 5) is 25.2. The van der Waals surface area contributed by atoms with Gasteiger partial charge in [0.1, 0.15) is 5.58 Å². The van der Waals surface area contributed by atoms with Crippen LogP contribution in [0.3, 0.4) is 0 Å². The van der Waals surface area contributed by atoms with Crippen LogP contribution >= 0.6 is 11.8 Å². The maximum atomic E-state index is 12.9. The maximum Gasteiger partial charge on any atom is 0.375 e. The molecule has 172 valence electrons. The maximum absolute atomic E-state index is 12.9. The summed E-state index contributed by atoms with van der Waals surface area (Å²) in [5, 5.41) is 4.22. The highest BCUT2D eigenvalue weighted by Crippen LogP contribution is 2.36. The molecule has 2 aliphatic rings. The molecule has 33 heavy (non-hydrogen) atoms. The molecule has 0 saturated heterocycles. The van der Waals surface area contributed by atoms with Gasteiger partial charge in [-0.05, 0) is 31.0 Å². The van der Waals surface area contributed by atoms with Gasteiger partial charge in [-0.1, -0.05) is 37.5 Å². The zero-order valence-corrected chi connectivity index (χ0v) is 18.9. The summed E-state index contributed by atoms with van der Waals surface area (Å²) in [6.45, 7) is -0.261. The number of carbonyl (C=O) groups is 2. The van der Waals surface area contributed by atoms with Crippen LogP contribution in [0.5, 0.6) is 11.5 Å². The van der Waals surface area contributed by atoms with Crippen molar-refractivity contribution in [3.8, 4) is 11.5 Å². The van der Waals surface area contributed by atoms with Crippen molar-refractivity contribution in [2.24, 2.45) is 0 Å². The SMILES string of the molecule is O=C(COC(=O)c1oc2ccccc2c1CSC1CCCCC1)Nc1ccc2c(c1)OCO2. The molecule has 2 aromatic carbocycles. The van der Waals surface area contributed by atoms with E-state index in [1.54, 1.807) is 18.2 Å². The van der Waals surface area contributed by atoms with E-state index in [1.807, 2.05) is 36.0 Å². The van der Waals surface area contributed by atoms with Gasteiger partial charge in [0.25, 0.3) is 5.91 Å². The van der Waals surface area contributed by atoms with E-state index >= 15 is 0 Å². The first kappa shape index (κ1) is 21.7. The summed E-state index contributed by atoms with van der Waals surface area (Å²) in [7, 11) is 0. The Morgan fingerprint density at radius 2 is 1.85 bits per heavy atom. The number of benzene rings is 2. The Hall–Kier alpha value is -3.13. The molecule has 1 fully saturated rings. The van der Waals surface area contributed by atoms with E-state index in [9.17, 15) is 9.59 Å². The van der Waals surface area contributed by atoms with Crippen molar-refractivity contribution in [3.63, 3.8) is 0 Å². The highest BCUT2D eigenvalue weighted by Gasteiger charge is 2.24. The normalized spacial score (nSPS) is 15.5. The first-order chi connectivity index (χ1) is 16.2. The lowest BCUT2D eigenvalue weighted by Crippen LogP contribution is -2.21. The van der Waals surface area contributed by atoms with Gasteiger partial charge < -0.3 is 23.9 Å². The quantitative estimate of drug-likeness (QED) is 0.458. The van der Waals surface area contributed by atoms with Crippen LogP contribution in [0.2, 0.25) is 0 Å². The van der Waals surface area contributed by atoms with Crippen LogP contribution in [0.1, 0.15) is 48.2 Å². The molecule has 0 bridgehead atoms. The molecule has 2 heterocycles. The Bertz CT molecular complexity index is 1170. The first-order valence-electron chi connectivity index (χ1n) is 11.2. The molecule has 1 aliphatic heterocycles. The van der Waals surface area contributed by atoms with Crippen LogP contribution in [0.25, 0.3) is 11.0 Å². The number of carbonyl (C=O) groups excluding carboxylic acids is 2. The number of para-hydroxylation sites is 1. The third kappa shape index (κ3) is 4.95. The highest BCUT2D eigenvalue weighted by atomic mass is 32.2. The fourth-order valence-corrected chi connectivity index (χ4v) is 5.56. The molecule has 0 unspecified atom stereocenters. The van der Waals surface area contributed by atoms with Gasteiger partial charge in [-0.15, -0.1) is 0 Å². The van der Waals surface area contributed by atoms with Crippen LogP contribution < -0.4 is 14.8 Å². The molecule has 0 spiro atoms. The lowest BCUT2D eigenvalue weighted by Gasteiger charge is -2.20. The van der Waals surface area contributed by atoms with Gasteiger partial charge >= 0.3 is 5.97 Å². The van der Waals surface area contributed by atoms with Crippen molar-refractivity contribution in [2.45, 2.75) is 43.1 Å². The minimum absolute atomic E-state index is 0.156. The number of rotatable bonds is 7. The summed E-state index contributed by atoms with van der Waals surface area (Å²) >= 11 is 1.87. The van der Waals surface area contributed by atoms with Gasteiger partial charge in [0.2, 0.25) is 12.6 Å². The number of hydrogen-bond acceptors (Lipinski definition) is 7. The molecule has 0 atom stereocenters. The Morgan fingerprint density at radius 1 is 1.03 bits per heavy atom. The number of ether oxygens (including phenoxy) is 3. The number of esters is 1. The van der Waals surface area contributed by atoms with Gasteiger partial charge in [0.15, 0.2) is 18.1 Å². The van der Waals surface area contributed by atoms with E-state index in [0.29, 0.717) is 33.8 Å². The zero-order valence-electron chi connectivity index (χ0n) is 18.1. The molecule has 1 amide bonds. The van der Waals surface area contributed by atoms with Crippen LogP contribution in [-0.4, -0.2) is 30.5 Å². The predicted molar refractivity (Wildman–Crippen MR) is 126 cm³/mol. The standard InChI is InChI=1S/C25H25NO6S/c27-23(26-16-10-11-21-22(12-16)31-15-30-21)13-29-25(28)24-19(14-33-17-6-2-1-3-7-17)18-8-4-5-9-20(18)32-24/h4-5,8-12,17H,1-3,6-7,13-15H2,(H,26,27). The fourth-order valence-electron chi connectivity index (χ4n) is 4.21. The van der Waals surface area contributed by atoms with Crippen LogP contribution in [-0.2, 0) is 15.3 Å². The molecule has 1 aliphatic carbocycles. The van der Waals surface area contributed by atoms with E-state index in [-0.39, 0.29) is 12.6 Å². The van der Waals surface area contributed by atoms with Crippen molar-refractivity contribution >= 4 is 40.3 Å². The smallest absolute Gasteiger partial charge is 0.375 e. The monoisotopic (exact) mass is 467 g/mol. The molecule has 5 rings (SSSR count). The third-order valence-corrected chi connectivity index (χ3v) is 7.29. The fraction of sp³-hybridized carbons (Fsp3) is 0.360. The molecule has 1 aromatic heterocycles. The predicted octanol–water partition coefficient (Wildman–Crippen LogP) is 5.52. The minimum Gasteiger partial charge on any atom is -0.454 e. The number of thioether (sulfide) groups is 1. The summed E-state index contributed by atoms with van der Waals surface area (Å²) in [6, 6.07) is 12.7. The largest absolute Gasteiger partial charge is 0.454 e. The third-order valence-electron chi connectivity index (χ3n) is 5.89. The molecule has 0 radical (unpaired) electrons. The Morgan fingerprint density at radius 3 is 2.73 bits per heavy atom. The number of anilines is 1. The van der Waals surface area contributed by atoms with Crippen LogP contribution in [0.15, 0.2) is 46.9 Å². The molecule has 1 saturated carbocycles. The van der Waals surface area contributed by atoms with E-state index in [1.165, 1.54) is 32.1 Å². The lowest BCUT2D eigenvalue weighted by molar-refractivity contribution is -0.119.